The Morgan fingerprint density at radius 3 is 2.65 bits per heavy atom. The van der Waals surface area contributed by atoms with E-state index in [9.17, 15) is 0 Å². The van der Waals surface area contributed by atoms with Crippen LogP contribution < -0.4 is 0 Å². The van der Waals surface area contributed by atoms with Gasteiger partial charge in [0, 0.05) is 12.7 Å². The summed E-state index contributed by atoms with van der Waals surface area (Å²) in [6, 6.07) is 0. The summed E-state index contributed by atoms with van der Waals surface area (Å²) in [5.41, 5.74) is 0.902. The number of aromatic nitrogens is 3. The van der Waals surface area contributed by atoms with Crippen LogP contribution in [-0.4, -0.2) is 15.0 Å². The first-order valence-electron chi connectivity index (χ1n) is 6.75. The van der Waals surface area contributed by atoms with Crippen molar-refractivity contribution in [2.75, 3.05) is 0 Å². The van der Waals surface area contributed by atoms with Crippen LogP contribution in [0.1, 0.15) is 63.9 Å². The van der Waals surface area contributed by atoms with Crippen molar-refractivity contribution in [3.8, 4) is 0 Å². The highest BCUT2D eigenvalue weighted by molar-refractivity contribution is 6.20. The molecule has 1 aromatic heterocycles. The Hall–Kier alpha value is -0.570. The number of hydrogen-bond donors (Lipinski definition) is 0. The third-order valence-electron chi connectivity index (χ3n) is 3.22. The average Bonchev–Trinajstić information content (AvgIpc) is 2.81. The number of alkyl halides is 1. The van der Waals surface area contributed by atoms with Gasteiger partial charge in [-0.2, -0.15) is 0 Å². The Morgan fingerprint density at radius 2 is 2.06 bits per heavy atom. The minimum Gasteiger partial charge on any atom is -0.252 e. The monoisotopic (exact) mass is 257 g/mol. The van der Waals surface area contributed by atoms with Crippen LogP contribution in [0.15, 0.2) is 6.20 Å². The highest BCUT2D eigenvalue weighted by Gasteiger charge is 2.12. The van der Waals surface area contributed by atoms with Gasteiger partial charge in [0.05, 0.1) is 5.38 Å². The van der Waals surface area contributed by atoms with E-state index in [1.54, 1.807) is 0 Å². The van der Waals surface area contributed by atoms with Crippen molar-refractivity contribution in [2.45, 2.75) is 64.8 Å². The lowest BCUT2D eigenvalue weighted by molar-refractivity contribution is 0.368. The normalized spacial score (nSPS) is 14.8. The molecule has 1 aromatic rings. The molecule has 2 unspecified atom stereocenters. The predicted octanol–water partition coefficient (Wildman–Crippen LogP) is 4.18. The largest absolute Gasteiger partial charge is 0.252 e. The van der Waals surface area contributed by atoms with Gasteiger partial charge in [0.1, 0.15) is 5.69 Å². The van der Waals surface area contributed by atoms with Crippen LogP contribution in [0.25, 0.3) is 0 Å². The fourth-order valence-electron chi connectivity index (χ4n) is 1.94. The lowest BCUT2D eigenvalue weighted by Crippen LogP contribution is -2.10. The van der Waals surface area contributed by atoms with Crippen molar-refractivity contribution >= 4 is 11.6 Å². The van der Waals surface area contributed by atoms with Crippen LogP contribution in [0.2, 0.25) is 0 Å². The summed E-state index contributed by atoms with van der Waals surface area (Å²) in [6.07, 6.45) is 7.93. The molecule has 0 bridgehead atoms. The molecule has 0 saturated heterocycles. The first-order chi connectivity index (χ1) is 8.21. The second-order valence-electron chi connectivity index (χ2n) is 4.66. The zero-order valence-corrected chi connectivity index (χ0v) is 12.0. The van der Waals surface area contributed by atoms with Gasteiger partial charge in [-0.25, -0.2) is 0 Å². The van der Waals surface area contributed by atoms with E-state index in [0.29, 0.717) is 5.92 Å². The standard InChI is InChI=1S/C13H24ClN3/c1-4-7-8-11(5-2)9-17-10-13(15-16-17)12(14)6-3/h10-12H,4-9H2,1-3H3. The van der Waals surface area contributed by atoms with Crippen molar-refractivity contribution in [3.05, 3.63) is 11.9 Å². The molecule has 0 fully saturated rings. The molecule has 0 amide bonds. The summed E-state index contributed by atoms with van der Waals surface area (Å²) in [5.74, 6) is 0.708. The molecule has 0 N–H and O–H groups in total. The van der Waals surface area contributed by atoms with Gasteiger partial charge in [-0.15, -0.1) is 16.7 Å². The van der Waals surface area contributed by atoms with E-state index in [4.69, 9.17) is 11.6 Å². The molecule has 0 aliphatic heterocycles. The summed E-state index contributed by atoms with van der Waals surface area (Å²) in [4.78, 5) is 0. The van der Waals surface area contributed by atoms with Crippen molar-refractivity contribution < 1.29 is 0 Å². The van der Waals surface area contributed by atoms with Gasteiger partial charge in [0.25, 0.3) is 0 Å². The highest BCUT2D eigenvalue weighted by Crippen LogP contribution is 2.21. The summed E-state index contributed by atoms with van der Waals surface area (Å²) < 4.78 is 1.95. The Morgan fingerprint density at radius 1 is 1.29 bits per heavy atom. The quantitative estimate of drug-likeness (QED) is 0.654. The maximum absolute atomic E-state index is 6.14. The molecule has 17 heavy (non-hydrogen) atoms. The van der Waals surface area contributed by atoms with Crippen LogP contribution in [0.4, 0.5) is 0 Å². The smallest absolute Gasteiger partial charge is 0.100 e. The highest BCUT2D eigenvalue weighted by atomic mass is 35.5. The molecule has 0 aliphatic carbocycles. The molecular weight excluding hydrogens is 234 g/mol. The van der Waals surface area contributed by atoms with Crippen molar-refractivity contribution in [2.24, 2.45) is 5.92 Å². The lowest BCUT2D eigenvalue weighted by Gasteiger charge is -2.13. The molecule has 0 aromatic carbocycles. The first kappa shape index (κ1) is 14.5. The molecule has 0 spiro atoms. The Bertz CT molecular complexity index is 311. The van der Waals surface area contributed by atoms with Crippen LogP contribution in [0, 0.1) is 5.92 Å². The molecule has 98 valence electrons. The van der Waals surface area contributed by atoms with E-state index >= 15 is 0 Å². The second-order valence-corrected chi connectivity index (χ2v) is 5.18. The van der Waals surface area contributed by atoms with E-state index in [2.05, 4.69) is 31.1 Å². The topological polar surface area (TPSA) is 30.7 Å². The van der Waals surface area contributed by atoms with Gasteiger partial charge in [-0.3, -0.25) is 4.68 Å². The van der Waals surface area contributed by atoms with Crippen molar-refractivity contribution in [1.29, 1.82) is 0 Å². The number of halogens is 1. The maximum atomic E-state index is 6.14. The van der Waals surface area contributed by atoms with Crippen LogP contribution in [0.3, 0.4) is 0 Å². The minimum atomic E-state index is -0.000492. The number of rotatable bonds is 8. The van der Waals surface area contributed by atoms with Crippen LogP contribution in [0.5, 0.6) is 0 Å². The summed E-state index contributed by atoms with van der Waals surface area (Å²) >= 11 is 6.14. The van der Waals surface area contributed by atoms with Crippen LogP contribution in [-0.2, 0) is 6.54 Å². The van der Waals surface area contributed by atoms with E-state index in [0.717, 1.165) is 18.7 Å². The SMILES string of the molecule is CCCCC(CC)Cn1cc(C(Cl)CC)nn1. The average molecular weight is 258 g/mol. The molecular formula is C13H24ClN3. The van der Waals surface area contributed by atoms with Gasteiger partial charge < -0.3 is 0 Å². The Labute approximate surface area is 110 Å². The van der Waals surface area contributed by atoms with E-state index in [1.165, 1.54) is 25.7 Å². The first-order valence-corrected chi connectivity index (χ1v) is 7.18. The van der Waals surface area contributed by atoms with Crippen LogP contribution >= 0.6 is 11.6 Å². The molecule has 1 rings (SSSR count). The molecule has 0 aliphatic rings. The molecule has 0 radical (unpaired) electrons. The van der Waals surface area contributed by atoms with Gasteiger partial charge >= 0.3 is 0 Å². The van der Waals surface area contributed by atoms with E-state index in [1.807, 2.05) is 10.9 Å². The third-order valence-corrected chi connectivity index (χ3v) is 3.76. The van der Waals surface area contributed by atoms with E-state index < -0.39 is 0 Å². The summed E-state index contributed by atoms with van der Waals surface area (Å²) in [7, 11) is 0. The number of hydrogen-bond acceptors (Lipinski definition) is 2. The van der Waals surface area contributed by atoms with Gasteiger partial charge in [-0.1, -0.05) is 45.2 Å². The second kappa shape index (κ2) is 7.70. The molecule has 0 saturated carbocycles. The lowest BCUT2D eigenvalue weighted by atomic mass is 9.99. The van der Waals surface area contributed by atoms with Crippen molar-refractivity contribution in [3.63, 3.8) is 0 Å². The van der Waals surface area contributed by atoms with Crippen molar-refractivity contribution in [1.82, 2.24) is 15.0 Å². The fourth-order valence-corrected chi connectivity index (χ4v) is 2.04. The summed E-state index contributed by atoms with van der Waals surface area (Å²) in [6.45, 7) is 7.51. The minimum absolute atomic E-state index is 0.000492. The Kier molecular flexibility index (Phi) is 6.56. The van der Waals surface area contributed by atoms with Gasteiger partial charge in [-0.05, 0) is 18.8 Å². The molecule has 1 heterocycles. The Balaban J connectivity index is 2.52. The zero-order valence-electron chi connectivity index (χ0n) is 11.2. The van der Waals surface area contributed by atoms with E-state index in [-0.39, 0.29) is 5.38 Å². The maximum Gasteiger partial charge on any atom is 0.100 e. The fraction of sp³-hybridized carbons (Fsp3) is 0.846. The number of nitrogens with zero attached hydrogens (tertiary/aromatic N) is 3. The predicted molar refractivity (Wildman–Crippen MR) is 72.2 cm³/mol. The third kappa shape index (κ3) is 4.66. The van der Waals surface area contributed by atoms with Gasteiger partial charge in [0.15, 0.2) is 0 Å². The number of unbranched alkanes of at least 4 members (excludes halogenated alkanes) is 1. The molecule has 2 atom stereocenters. The summed E-state index contributed by atoms with van der Waals surface area (Å²) in [5, 5.41) is 8.30. The zero-order chi connectivity index (χ0) is 12.7. The van der Waals surface area contributed by atoms with Gasteiger partial charge in [0.2, 0.25) is 0 Å². The molecule has 3 nitrogen and oxygen atoms in total. The molecule has 4 heteroatoms.